The molecule has 3 N–H and O–H groups in total. The van der Waals surface area contributed by atoms with Gasteiger partial charge in [0.1, 0.15) is 12.4 Å². The lowest BCUT2D eigenvalue weighted by molar-refractivity contribution is 0.102. The average molecular weight is 260 g/mol. The van der Waals surface area contributed by atoms with Crippen LogP contribution in [0, 0.1) is 0 Å². The highest BCUT2D eigenvalue weighted by atomic mass is 16.5. The number of carbonyl (C=O) groups excluding carboxylic acids is 1. The maximum atomic E-state index is 11.8. The fourth-order valence-electron chi connectivity index (χ4n) is 1.54. The van der Waals surface area contributed by atoms with Gasteiger partial charge in [0.05, 0.1) is 0 Å². The zero-order valence-electron chi connectivity index (χ0n) is 10.7. The molecule has 0 atom stereocenters. The summed E-state index contributed by atoms with van der Waals surface area (Å²) in [5.41, 5.74) is 6.42. The van der Waals surface area contributed by atoms with Crippen LogP contribution in [-0.4, -0.2) is 28.8 Å². The molecule has 2 rings (SSSR count). The largest absolute Gasteiger partial charge is 0.492 e. The number of hydrogen-bond donors (Lipinski definition) is 2. The lowest BCUT2D eigenvalue weighted by Gasteiger charge is -2.06. The van der Waals surface area contributed by atoms with Gasteiger partial charge in [-0.3, -0.25) is 9.48 Å². The van der Waals surface area contributed by atoms with Crippen LogP contribution in [0.4, 0.5) is 5.69 Å². The fourth-order valence-corrected chi connectivity index (χ4v) is 1.54. The van der Waals surface area contributed by atoms with Gasteiger partial charge in [0.25, 0.3) is 5.91 Å². The van der Waals surface area contributed by atoms with Crippen molar-refractivity contribution in [2.24, 2.45) is 12.8 Å². The zero-order valence-corrected chi connectivity index (χ0v) is 10.7. The molecule has 1 aromatic carbocycles. The Hall–Kier alpha value is -2.34. The standard InChI is InChI=1S/C13H16N4O2/c1-17-8-6-12(16-17)13(18)15-10-2-4-11(5-3-10)19-9-7-14/h2-6,8H,7,9,14H2,1H3,(H,15,18). The number of aromatic nitrogens is 2. The minimum absolute atomic E-state index is 0.240. The van der Waals surface area contributed by atoms with Crippen molar-refractivity contribution in [1.29, 1.82) is 0 Å². The summed E-state index contributed by atoms with van der Waals surface area (Å²) in [4.78, 5) is 11.8. The Morgan fingerprint density at radius 3 is 2.68 bits per heavy atom. The molecule has 2 aromatic rings. The molecule has 0 radical (unpaired) electrons. The number of ether oxygens (including phenoxy) is 1. The van der Waals surface area contributed by atoms with E-state index in [1.807, 2.05) is 0 Å². The summed E-state index contributed by atoms with van der Waals surface area (Å²) in [6, 6.07) is 8.76. The molecule has 19 heavy (non-hydrogen) atoms. The summed E-state index contributed by atoms with van der Waals surface area (Å²) in [5, 5.41) is 6.79. The van der Waals surface area contributed by atoms with Crippen LogP contribution < -0.4 is 15.8 Å². The van der Waals surface area contributed by atoms with Crippen LogP contribution in [0.5, 0.6) is 5.75 Å². The second kappa shape index (κ2) is 6.01. The molecule has 0 unspecified atom stereocenters. The highest BCUT2D eigenvalue weighted by molar-refractivity contribution is 6.02. The highest BCUT2D eigenvalue weighted by Crippen LogP contribution is 2.16. The van der Waals surface area contributed by atoms with E-state index in [2.05, 4.69) is 10.4 Å². The van der Waals surface area contributed by atoms with Crippen molar-refractivity contribution in [2.45, 2.75) is 0 Å². The highest BCUT2D eigenvalue weighted by Gasteiger charge is 2.08. The first-order valence-corrected chi connectivity index (χ1v) is 5.93. The molecule has 100 valence electrons. The molecule has 0 saturated heterocycles. The number of benzene rings is 1. The molecule has 0 bridgehead atoms. The monoisotopic (exact) mass is 260 g/mol. The predicted molar refractivity (Wildman–Crippen MR) is 72.2 cm³/mol. The molecule has 0 spiro atoms. The Labute approximate surface area is 111 Å². The summed E-state index contributed by atoms with van der Waals surface area (Å²) >= 11 is 0. The van der Waals surface area contributed by atoms with Crippen molar-refractivity contribution in [3.63, 3.8) is 0 Å². The van der Waals surface area contributed by atoms with Crippen molar-refractivity contribution in [1.82, 2.24) is 9.78 Å². The Kier molecular flexibility index (Phi) is 4.15. The van der Waals surface area contributed by atoms with Crippen LogP contribution in [0.1, 0.15) is 10.5 Å². The van der Waals surface area contributed by atoms with Gasteiger partial charge in [0.2, 0.25) is 0 Å². The van der Waals surface area contributed by atoms with Gasteiger partial charge in [0.15, 0.2) is 5.69 Å². The summed E-state index contributed by atoms with van der Waals surface area (Å²) in [7, 11) is 1.76. The molecular formula is C13H16N4O2. The van der Waals surface area contributed by atoms with E-state index < -0.39 is 0 Å². The number of hydrogen-bond acceptors (Lipinski definition) is 4. The minimum atomic E-state index is -0.240. The van der Waals surface area contributed by atoms with Crippen LogP contribution in [-0.2, 0) is 7.05 Å². The summed E-state index contributed by atoms with van der Waals surface area (Å²) in [5.74, 6) is 0.484. The number of rotatable bonds is 5. The Morgan fingerprint density at radius 1 is 1.37 bits per heavy atom. The normalized spacial score (nSPS) is 10.2. The number of nitrogens with one attached hydrogen (secondary N) is 1. The molecule has 0 fully saturated rings. The Balaban J connectivity index is 1.97. The Bertz CT molecular complexity index is 548. The zero-order chi connectivity index (χ0) is 13.7. The van der Waals surface area contributed by atoms with Gasteiger partial charge in [-0.2, -0.15) is 5.10 Å². The molecule has 1 amide bonds. The van der Waals surface area contributed by atoms with Crippen molar-refractivity contribution >= 4 is 11.6 Å². The smallest absolute Gasteiger partial charge is 0.276 e. The van der Waals surface area contributed by atoms with E-state index in [1.54, 1.807) is 48.3 Å². The number of amides is 1. The second-order valence-corrected chi connectivity index (χ2v) is 3.99. The molecule has 0 aliphatic rings. The lowest BCUT2D eigenvalue weighted by Crippen LogP contribution is -2.13. The molecule has 6 heteroatoms. The van der Waals surface area contributed by atoms with Crippen LogP contribution in [0.15, 0.2) is 36.5 Å². The topological polar surface area (TPSA) is 82.2 Å². The van der Waals surface area contributed by atoms with E-state index >= 15 is 0 Å². The van der Waals surface area contributed by atoms with Gasteiger partial charge in [-0.05, 0) is 30.3 Å². The number of aryl methyl sites for hydroxylation is 1. The van der Waals surface area contributed by atoms with Crippen LogP contribution in [0.3, 0.4) is 0 Å². The Morgan fingerprint density at radius 2 is 2.11 bits per heavy atom. The van der Waals surface area contributed by atoms with Crippen LogP contribution in [0.2, 0.25) is 0 Å². The lowest BCUT2D eigenvalue weighted by atomic mass is 10.3. The third-order valence-electron chi connectivity index (χ3n) is 2.45. The van der Waals surface area contributed by atoms with Gasteiger partial charge in [-0.15, -0.1) is 0 Å². The van der Waals surface area contributed by atoms with Gasteiger partial charge < -0.3 is 15.8 Å². The minimum Gasteiger partial charge on any atom is -0.492 e. The molecule has 1 aromatic heterocycles. The van der Waals surface area contributed by atoms with E-state index in [4.69, 9.17) is 10.5 Å². The van der Waals surface area contributed by atoms with E-state index in [1.165, 1.54) is 0 Å². The number of nitrogens with two attached hydrogens (primary N) is 1. The van der Waals surface area contributed by atoms with E-state index in [0.717, 1.165) is 5.75 Å². The first-order chi connectivity index (χ1) is 9.19. The predicted octanol–water partition coefficient (Wildman–Crippen LogP) is 1.01. The average Bonchev–Trinajstić information content (AvgIpc) is 2.85. The van der Waals surface area contributed by atoms with Gasteiger partial charge in [-0.25, -0.2) is 0 Å². The molecule has 0 aliphatic heterocycles. The molecule has 1 heterocycles. The number of anilines is 1. The molecule has 0 aliphatic carbocycles. The van der Waals surface area contributed by atoms with E-state index in [0.29, 0.717) is 24.5 Å². The van der Waals surface area contributed by atoms with Crippen molar-refractivity contribution in [2.75, 3.05) is 18.5 Å². The van der Waals surface area contributed by atoms with Crippen molar-refractivity contribution in [3.8, 4) is 5.75 Å². The van der Waals surface area contributed by atoms with Gasteiger partial charge >= 0.3 is 0 Å². The summed E-state index contributed by atoms with van der Waals surface area (Å²) in [6.45, 7) is 0.942. The maximum absolute atomic E-state index is 11.8. The SMILES string of the molecule is Cn1ccc(C(=O)Nc2ccc(OCCN)cc2)n1. The molecular weight excluding hydrogens is 244 g/mol. The van der Waals surface area contributed by atoms with Gasteiger partial charge in [-0.1, -0.05) is 0 Å². The molecule has 6 nitrogen and oxygen atoms in total. The van der Waals surface area contributed by atoms with Crippen LogP contribution >= 0.6 is 0 Å². The summed E-state index contributed by atoms with van der Waals surface area (Å²) in [6.07, 6.45) is 1.72. The second-order valence-electron chi connectivity index (χ2n) is 3.99. The quantitative estimate of drug-likeness (QED) is 0.840. The van der Waals surface area contributed by atoms with Crippen LogP contribution in [0.25, 0.3) is 0 Å². The molecule has 0 saturated carbocycles. The number of nitrogens with zero attached hydrogens (tertiary/aromatic N) is 2. The van der Waals surface area contributed by atoms with Crippen molar-refractivity contribution < 1.29 is 9.53 Å². The van der Waals surface area contributed by atoms with Gasteiger partial charge in [0, 0.05) is 25.5 Å². The van der Waals surface area contributed by atoms with E-state index in [9.17, 15) is 4.79 Å². The fraction of sp³-hybridized carbons (Fsp3) is 0.231. The van der Waals surface area contributed by atoms with Crippen molar-refractivity contribution in [3.05, 3.63) is 42.2 Å². The number of carbonyl (C=O) groups is 1. The summed E-state index contributed by atoms with van der Waals surface area (Å²) < 4.78 is 6.93. The first kappa shape index (κ1) is 13.1. The third kappa shape index (κ3) is 3.56. The third-order valence-corrected chi connectivity index (χ3v) is 2.45. The maximum Gasteiger partial charge on any atom is 0.276 e. The first-order valence-electron chi connectivity index (χ1n) is 5.93. The van der Waals surface area contributed by atoms with E-state index in [-0.39, 0.29) is 5.91 Å².